The van der Waals surface area contributed by atoms with Crippen LogP contribution in [0.2, 0.25) is 10.0 Å². The van der Waals surface area contributed by atoms with Crippen molar-refractivity contribution < 1.29 is 5.11 Å². The molecule has 18 heavy (non-hydrogen) atoms. The van der Waals surface area contributed by atoms with Crippen molar-refractivity contribution in [1.82, 2.24) is 0 Å². The van der Waals surface area contributed by atoms with E-state index in [1.54, 1.807) is 12.1 Å². The number of nitrogens with zero attached hydrogens (tertiary/aromatic N) is 1. The Labute approximate surface area is 118 Å². The largest absolute Gasteiger partial charge is 0.397 e. The van der Waals surface area contributed by atoms with Gasteiger partial charge in [0.1, 0.15) is 0 Å². The second-order valence-electron chi connectivity index (χ2n) is 4.21. The van der Waals surface area contributed by atoms with Crippen LogP contribution in [0.3, 0.4) is 0 Å². The van der Waals surface area contributed by atoms with Crippen LogP contribution in [0.15, 0.2) is 12.1 Å². The average Bonchev–Trinajstić information content (AvgIpc) is 2.34. The molecule has 0 heterocycles. The molecule has 3 N–H and O–H groups in total. The number of nitrogens with two attached hydrogens (primary N) is 1. The van der Waals surface area contributed by atoms with E-state index in [2.05, 4.69) is 18.7 Å². The Hall–Kier alpha value is -0.640. The molecule has 1 aromatic rings. The second-order valence-corrected chi connectivity index (χ2v) is 5.03. The normalized spacial score (nSPS) is 11.0. The number of nitrogen functional groups attached to an aromatic ring is 1. The quantitative estimate of drug-likeness (QED) is 0.788. The second kappa shape index (κ2) is 7.07. The van der Waals surface area contributed by atoms with Crippen molar-refractivity contribution in [3.8, 4) is 0 Å². The van der Waals surface area contributed by atoms with Crippen LogP contribution in [-0.2, 0) is 0 Å². The Bertz CT molecular complexity index is 395. The van der Waals surface area contributed by atoms with Gasteiger partial charge in [0.25, 0.3) is 0 Å². The number of aliphatic hydroxyl groups is 1. The van der Waals surface area contributed by atoms with Crippen molar-refractivity contribution in [2.75, 3.05) is 23.8 Å². The van der Waals surface area contributed by atoms with Gasteiger partial charge in [-0.25, -0.2) is 0 Å². The summed E-state index contributed by atoms with van der Waals surface area (Å²) in [6, 6.07) is 3.76. The van der Waals surface area contributed by atoms with E-state index in [4.69, 9.17) is 28.9 Å². The first-order valence-corrected chi connectivity index (χ1v) is 6.92. The third-order valence-corrected chi connectivity index (χ3v) is 3.83. The molecule has 0 aromatic heterocycles. The maximum absolute atomic E-state index is 9.21. The van der Waals surface area contributed by atoms with Gasteiger partial charge in [-0.3, -0.25) is 0 Å². The van der Waals surface area contributed by atoms with E-state index in [-0.39, 0.29) is 6.61 Å². The fourth-order valence-corrected chi connectivity index (χ4v) is 2.47. The molecule has 3 nitrogen and oxygen atoms in total. The molecule has 1 rings (SSSR count). The summed E-state index contributed by atoms with van der Waals surface area (Å²) in [5, 5.41) is 10.1. The minimum absolute atomic E-state index is 0.0795. The van der Waals surface area contributed by atoms with Crippen LogP contribution >= 0.6 is 23.2 Å². The van der Waals surface area contributed by atoms with Gasteiger partial charge in [0, 0.05) is 12.6 Å². The van der Waals surface area contributed by atoms with Crippen molar-refractivity contribution >= 4 is 34.6 Å². The van der Waals surface area contributed by atoms with Crippen LogP contribution in [0.4, 0.5) is 11.4 Å². The van der Waals surface area contributed by atoms with Crippen molar-refractivity contribution in [3.63, 3.8) is 0 Å². The lowest BCUT2D eigenvalue weighted by atomic mass is 10.1. The van der Waals surface area contributed by atoms with Gasteiger partial charge in [0.15, 0.2) is 0 Å². The topological polar surface area (TPSA) is 49.5 Å². The minimum atomic E-state index is 0.0795. The molecule has 0 atom stereocenters. The molecule has 102 valence electrons. The average molecular weight is 291 g/mol. The number of aliphatic hydroxyl groups excluding tert-OH is 1. The van der Waals surface area contributed by atoms with Gasteiger partial charge in [0.2, 0.25) is 0 Å². The van der Waals surface area contributed by atoms with Crippen molar-refractivity contribution in [2.45, 2.75) is 32.7 Å². The molecule has 0 spiro atoms. The fraction of sp³-hybridized carbons (Fsp3) is 0.538. The maximum atomic E-state index is 9.21. The summed E-state index contributed by atoms with van der Waals surface area (Å²) < 4.78 is 0. The molecular weight excluding hydrogens is 271 g/mol. The molecule has 5 heteroatoms. The summed E-state index contributed by atoms with van der Waals surface area (Å²) in [4.78, 5) is 2.09. The molecule has 0 saturated carbocycles. The lowest BCUT2D eigenvalue weighted by molar-refractivity contribution is 0.296. The summed E-state index contributed by atoms with van der Waals surface area (Å²) in [5.41, 5.74) is 7.43. The van der Waals surface area contributed by atoms with Gasteiger partial charge >= 0.3 is 0 Å². The third-order valence-electron chi connectivity index (χ3n) is 3.10. The summed E-state index contributed by atoms with van der Waals surface area (Å²) in [5.74, 6) is 0. The summed E-state index contributed by atoms with van der Waals surface area (Å²) in [6.45, 7) is 4.85. The van der Waals surface area contributed by atoms with Gasteiger partial charge in [-0.15, -0.1) is 0 Å². The third kappa shape index (κ3) is 3.44. The molecule has 0 radical (unpaired) electrons. The molecule has 0 saturated heterocycles. The molecule has 1 aromatic carbocycles. The zero-order chi connectivity index (χ0) is 13.7. The van der Waals surface area contributed by atoms with E-state index in [0.29, 0.717) is 28.3 Å². The van der Waals surface area contributed by atoms with Crippen LogP contribution < -0.4 is 10.6 Å². The zero-order valence-electron chi connectivity index (χ0n) is 10.8. The van der Waals surface area contributed by atoms with Gasteiger partial charge in [-0.1, -0.05) is 37.0 Å². The molecule has 0 aliphatic rings. The number of benzene rings is 1. The van der Waals surface area contributed by atoms with Gasteiger partial charge in [-0.05, 0) is 25.0 Å². The molecular formula is C13H20Cl2N2O. The van der Waals surface area contributed by atoms with Gasteiger partial charge < -0.3 is 15.7 Å². The number of hydrogen-bond donors (Lipinski definition) is 2. The lowest BCUT2D eigenvalue weighted by Gasteiger charge is -2.33. The molecule has 0 unspecified atom stereocenters. The van der Waals surface area contributed by atoms with E-state index in [1.165, 1.54) is 0 Å². The highest BCUT2D eigenvalue weighted by atomic mass is 35.5. The van der Waals surface area contributed by atoms with Gasteiger partial charge in [0.05, 0.1) is 28.0 Å². The predicted molar refractivity (Wildman–Crippen MR) is 79.7 cm³/mol. The maximum Gasteiger partial charge on any atom is 0.0619 e. The molecule has 0 fully saturated rings. The van der Waals surface area contributed by atoms with E-state index < -0.39 is 0 Å². The van der Waals surface area contributed by atoms with Crippen LogP contribution in [0.1, 0.15) is 26.7 Å². The van der Waals surface area contributed by atoms with E-state index in [9.17, 15) is 5.11 Å². The molecule has 0 amide bonds. The predicted octanol–water partition coefficient (Wildman–Crippen LogP) is 3.56. The summed E-state index contributed by atoms with van der Waals surface area (Å²) in [6.07, 6.45) is 1.96. The van der Waals surface area contributed by atoms with E-state index in [0.717, 1.165) is 18.5 Å². The van der Waals surface area contributed by atoms with Crippen LogP contribution in [0.5, 0.6) is 0 Å². The number of rotatable bonds is 6. The molecule has 0 aliphatic heterocycles. The lowest BCUT2D eigenvalue weighted by Crippen LogP contribution is -2.37. The van der Waals surface area contributed by atoms with Gasteiger partial charge in [-0.2, -0.15) is 0 Å². The summed E-state index contributed by atoms with van der Waals surface area (Å²) >= 11 is 12.0. The van der Waals surface area contributed by atoms with Crippen LogP contribution in [0, 0.1) is 0 Å². The highest BCUT2D eigenvalue weighted by Crippen LogP contribution is 2.34. The molecule has 0 bridgehead atoms. The van der Waals surface area contributed by atoms with E-state index in [1.807, 2.05) is 0 Å². The summed E-state index contributed by atoms with van der Waals surface area (Å²) in [7, 11) is 0. The smallest absolute Gasteiger partial charge is 0.0619 e. The number of halogens is 2. The Morgan fingerprint density at radius 2 is 1.78 bits per heavy atom. The first-order chi connectivity index (χ1) is 8.54. The van der Waals surface area contributed by atoms with Crippen molar-refractivity contribution in [1.29, 1.82) is 0 Å². The Kier molecular flexibility index (Phi) is 6.06. The minimum Gasteiger partial charge on any atom is -0.397 e. The van der Waals surface area contributed by atoms with Crippen LogP contribution in [-0.4, -0.2) is 24.3 Å². The monoisotopic (exact) mass is 290 g/mol. The van der Waals surface area contributed by atoms with E-state index >= 15 is 0 Å². The fourth-order valence-electron chi connectivity index (χ4n) is 2.14. The van der Waals surface area contributed by atoms with Crippen molar-refractivity contribution in [3.05, 3.63) is 22.2 Å². The SMILES string of the molecule is CCC(CC)N(CCO)c1cc(Cl)c(Cl)cc1N. The van der Waals surface area contributed by atoms with Crippen LogP contribution in [0.25, 0.3) is 0 Å². The number of anilines is 2. The highest BCUT2D eigenvalue weighted by molar-refractivity contribution is 6.42. The number of hydrogen-bond acceptors (Lipinski definition) is 3. The Morgan fingerprint density at radius 3 is 2.28 bits per heavy atom. The Balaban J connectivity index is 3.16. The van der Waals surface area contributed by atoms with Crippen molar-refractivity contribution in [2.24, 2.45) is 0 Å². The molecule has 0 aliphatic carbocycles. The first kappa shape index (κ1) is 15.4. The first-order valence-electron chi connectivity index (χ1n) is 6.17. The highest BCUT2D eigenvalue weighted by Gasteiger charge is 2.18. The standard InChI is InChI=1S/C13H20Cl2N2O/c1-3-9(4-2)17(5-6-18)13-8-11(15)10(14)7-12(13)16/h7-9,18H,3-6,16H2,1-2H3. The Morgan fingerprint density at radius 1 is 1.22 bits per heavy atom. The zero-order valence-corrected chi connectivity index (χ0v) is 12.3.